The topological polar surface area (TPSA) is 114 Å². The molecule has 0 saturated carbocycles. The SMILES string of the molecule is CCCCCCC(=O)NC(C(=O)NCC(=O)Nc1ccc(COC(C)=O)cc1)C(C)C. The summed E-state index contributed by atoms with van der Waals surface area (Å²) in [5.41, 5.74) is 1.36. The summed E-state index contributed by atoms with van der Waals surface area (Å²) in [4.78, 5) is 47.6. The van der Waals surface area contributed by atoms with Crippen LogP contribution in [0.4, 0.5) is 5.69 Å². The molecule has 0 fully saturated rings. The largest absolute Gasteiger partial charge is 0.461 e. The van der Waals surface area contributed by atoms with Gasteiger partial charge in [0.05, 0.1) is 6.54 Å². The van der Waals surface area contributed by atoms with E-state index in [0.717, 1.165) is 31.2 Å². The molecule has 3 N–H and O–H groups in total. The van der Waals surface area contributed by atoms with Crippen LogP contribution in [0, 0.1) is 5.92 Å². The maximum absolute atomic E-state index is 12.5. The lowest BCUT2D eigenvalue weighted by Crippen LogP contribution is -2.51. The second kappa shape index (κ2) is 14.2. The number of rotatable bonds is 13. The van der Waals surface area contributed by atoms with Crippen molar-refractivity contribution >= 4 is 29.4 Å². The van der Waals surface area contributed by atoms with Crippen LogP contribution in [0.5, 0.6) is 0 Å². The highest BCUT2D eigenvalue weighted by molar-refractivity contribution is 5.96. The Morgan fingerprint density at radius 2 is 1.65 bits per heavy atom. The Morgan fingerprint density at radius 3 is 2.23 bits per heavy atom. The number of hydrogen-bond donors (Lipinski definition) is 3. The number of carbonyl (C=O) groups is 4. The number of anilines is 1. The molecule has 0 aliphatic rings. The van der Waals surface area contributed by atoms with Crippen molar-refractivity contribution in [1.29, 1.82) is 0 Å². The average molecular weight is 434 g/mol. The van der Waals surface area contributed by atoms with Crippen LogP contribution in [0.1, 0.15) is 65.4 Å². The van der Waals surface area contributed by atoms with Gasteiger partial charge < -0.3 is 20.7 Å². The van der Waals surface area contributed by atoms with Crippen molar-refractivity contribution in [3.8, 4) is 0 Å². The predicted molar refractivity (Wildman–Crippen MR) is 119 cm³/mol. The van der Waals surface area contributed by atoms with Gasteiger partial charge in [0, 0.05) is 19.0 Å². The van der Waals surface area contributed by atoms with E-state index in [1.54, 1.807) is 24.3 Å². The van der Waals surface area contributed by atoms with Crippen LogP contribution in [-0.2, 0) is 30.5 Å². The number of ether oxygens (including phenoxy) is 1. The summed E-state index contributed by atoms with van der Waals surface area (Å²) < 4.78 is 4.91. The molecule has 172 valence electrons. The van der Waals surface area contributed by atoms with Crippen molar-refractivity contribution in [2.45, 2.75) is 72.4 Å². The minimum absolute atomic E-state index is 0.104. The van der Waals surface area contributed by atoms with Crippen molar-refractivity contribution in [2.75, 3.05) is 11.9 Å². The van der Waals surface area contributed by atoms with Crippen molar-refractivity contribution in [3.05, 3.63) is 29.8 Å². The number of nitrogens with one attached hydrogen (secondary N) is 3. The molecule has 1 aromatic carbocycles. The Morgan fingerprint density at radius 1 is 0.968 bits per heavy atom. The van der Waals surface area contributed by atoms with Crippen molar-refractivity contribution in [2.24, 2.45) is 5.92 Å². The molecule has 0 aromatic heterocycles. The zero-order chi connectivity index (χ0) is 23.2. The van der Waals surface area contributed by atoms with Gasteiger partial charge in [-0.05, 0) is 30.0 Å². The standard InChI is InChI=1S/C23H35N3O5/c1-5-6-7-8-9-20(28)26-22(16(2)3)23(30)24-14-21(29)25-19-12-10-18(11-13-19)15-31-17(4)27/h10-13,16,22H,5-9,14-15H2,1-4H3,(H,24,30)(H,25,29)(H,26,28). The first-order valence-electron chi connectivity index (χ1n) is 10.8. The molecule has 0 spiro atoms. The Labute approximate surface area is 184 Å². The van der Waals surface area contributed by atoms with Gasteiger partial charge in [-0.15, -0.1) is 0 Å². The minimum Gasteiger partial charge on any atom is -0.461 e. The molecule has 1 unspecified atom stereocenters. The lowest BCUT2D eigenvalue weighted by molar-refractivity contribution is -0.142. The third-order valence-corrected chi connectivity index (χ3v) is 4.63. The highest BCUT2D eigenvalue weighted by Gasteiger charge is 2.24. The molecule has 8 heteroatoms. The fourth-order valence-corrected chi connectivity index (χ4v) is 2.84. The number of benzene rings is 1. The van der Waals surface area contributed by atoms with E-state index in [9.17, 15) is 19.2 Å². The summed E-state index contributed by atoms with van der Waals surface area (Å²) in [6, 6.07) is 6.17. The number of unbranched alkanes of at least 4 members (excludes halogenated alkanes) is 3. The number of carbonyl (C=O) groups excluding carboxylic acids is 4. The molecule has 0 heterocycles. The van der Waals surface area contributed by atoms with Gasteiger partial charge >= 0.3 is 5.97 Å². The first-order chi connectivity index (χ1) is 14.7. The lowest BCUT2D eigenvalue weighted by atomic mass is 10.0. The molecule has 0 aliphatic heterocycles. The fourth-order valence-electron chi connectivity index (χ4n) is 2.84. The highest BCUT2D eigenvalue weighted by atomic mass is 16.5. The third-order valence-electron chi connectivity index (χ3n) is 4.63. The molecule has 0 aliphatic carbocycles. The van der Waals surface area contributed by atoms with E-state index in [-0.39, 0.29) is 42.8 Å². The minimum atomic E-state index is -0.688. The van der Waals surface area contributed by atoms with E-state index in [4.69, 9.17) is 4.74 Å². The van der Waals surface area contributed by atoms with Crippen molar-refractivity contribution in [1.82, 2.24) is 10.6 Å². The van der Waals surface area contributed by atoms with Crippen molar-refractivity contribution < 1.29 is 23.9 Å². The maximum atomic E-state index is 12.5. The molecule has 0 saturated heterocycles. The predicted octanol–water partition coefficient (Wildman–Crippen LogP) is 2.92. The van der Waals surface area contributed by atoms with Gasteiger partial charge in [0.25, 0.3) is 0 Å². The van der Waals surface area contributed by atoms with Crippen LogP contribution in [0.15, 0.2) is 24.3 Å². The van der Waals surface area contributed by atoms with Crippen molar-refractivity contribution in [3.63, 3.8) is 0 Å². The molecule has 1 rings (SSSR count). The zero-order valence-electron chi connectivity index (χ0n) is 19.0. The van der Waals surface area contributed by atoms with Gasteiger partial charge in [-0.3, -0.25) is 19.2 Å². The molecule has 1 atom stereocenters. The van der Waals surface area contributed by atoms with Gasteiger partial charge in [-0.2, -0.15) is 0 Å². The van der Waals surface area contributed by atoms with Crippen LogP contribution in [0.2, 0.25) is 0 Å². The monoisotopic (exact) mass is 433 g/mol. The molecule has 31 heavy (non-hydrogen) atoms. The summed E-state index contributed by atoms with van der Waals surface area (Å²) in [7, 11) is 0. The van der Waals surface area contributed by atoms with E-state index in [2.05, 4.69) is 22.9 Å². The summed E-state index contributed by atoms with van der Waals surface area (Å²) in [5, 5.41) is 8.05. The molecular weight excluding hydrogens is 398 g/mol. The second-order valence-corrected chi connectivity index (χ2v) is 7.84. The Hall–Kier alpha value is -2.90. The zero-order valence-corrected chi connectivity index (χ0v) is 19.0. The first-order valence-corrected chi connectivity index (χ1v) is 10.8. The van der Waals surface area contributed by atoms with Crippen LogP contribution in [0.25, 0.3) is 0 Å². The Balaban J connectivity index is 2.46. The molecule has 0 radical (unpaired) electrons. The Bertz CT molecular complexity index is 731. The van der Waals surface area contributed by atoms with E-state index < -0.39 is 6.04 Å². The molecule has 0 bridgehead atoms. The van der Waals surface area contributed by atoms with Gasteiger partial charge in [0.1, 0.15) is 12.6 Å². The number of esters is 1. The normalized spacial score (nSPS) is 11.5. The third kappa shape index (κ3) is 11.2. The van der Waals surface area contributed by atoms with Crippen LogP contribution < -0.4 is 16.0 Å². The first kappa shape index (κ1) is 26.1. The Kier molecular flexibility index (Phi) is 11.9. The van der Waals surface area contributed by atoms with Crippen LogP contribution >= 0.6 is 0 Å². The molecular formula is C23H35N3O5. The van der Waals surface area contributed by atoms with Gasteiger partial charge in [0.15, 0.2) is 0 Å². The van der Waals surface area contributed by atoms with Crippen LogP contribution in [-0.4, -0.2) is 36.3 Å². The van der Waals surface area contributed by atoms with E-state index in [0.29, 0.717) is 12.1 Å². The van der Waals surface area contributed by atoms with E-state index in [1.807, 2.05) is 13.8 Å². The second-order valence-electron chi connectivity index (χ2n) is 7.84. The number of hydrogen-bond acceptors (Lipinski definition) is 5. The lowest BCUT2D eigenvalue weighted by Gasteiger charge is -2.21. The number of amides is 3. The average Bonchev–Trinajstić information content (AvgIpc) is 2.72. The van der Waals surface area contributed by atoms with E-state index >= 15 is 0 Å². The molecule has 1 aromatic rings. The molecule has 3 amide bonds. The van der Waals surface area contributed by atoms with Gasteiger partial charge in [-0.1, -0.05) is 52.2 Å². The molecule has 8 nitrogen and oxygen atoms in total. The van der Waals surface area contributed by atoms with E-state index in [1.165, 1.54) is 6.92 Å². The summed E-state index contributed by atoms with van der Waals surface area (Å²) in [6.07, 6.45) is 4.37. The summed E-state index contributed by atoms with van der Waals surface area (Å²) in [6.45, 7) is 7.10. The summed E-state index contributed by atoms with van der Waals surface area (Å²) >= 11 is 0. The smallest absolute Gasteiger partial charge is 0.302 e. The maximum Gasteiger partial charge on any atom is 0.302 e. The van der Waals surface area contributed by atoms with Gasteiger partial charge in [-0.25, -0.2) is 0 Å². The quantitative estimate of drug-likeness (QED) is 0.327. The fraction of sp³-hybridized carbons (Fsp3) is 0.565. The summed E-state index contributed by atoms with van der Waals surface area (Å²) in [5.74, 6) is -1.38. The van der Waals surface area contributed by atoms with Crippen LogP contribution in [0.3, 0.4) is 0 Å². The van der Waals surface area contributed by atoms with Gasteiger partial charge in [0.2, 0.25) is 17.7 Å². The highest BCUT2D eigenvalue weighted by Crippen LogP contribution is 2.10.